The maximum absolute atomic E-state index is 13.0. The second kappa shape index (κ2) is 9.89. The smallest absolute Gasteiger partial charge is 0.412 e. The number of rotatable bonds is 7. The van der Waals surface area contributed by atoms with E-state index >= 15 is 0 Å². The molecule has 3 N–H and O–H groups in total. The number of aliphatic hydroxyl groups excluding tert-OH is 1. The van der Waals surface area contributed by atoms with Gasteiger partial charge in [0, 0.05) is 36.3 Å². The van der Waals surface area contributed by atoms with Gasteiger partial charge in [-0.15, -0.1) is 0 Å². The van der Waals surface area contributed by atoms with Crippen molar-refractivity contribution in [3.05, 3.63) is 23.8 Å². The monoisotopic (exact) mass is 430 g/mol. The molecule has 1 fully saturated rings. The van der Waals surface area contributed by atoms with Gasteiger partial charge in [0.25, 0.3) is 0 Å². The summed E-state index contributed by atoms with van der Waals surface area (Å²) in [4.78, 5) is 14.0. The Bertz CT molecular complexity index is 722. The van der Waals surface area contributed by atoms with Gasteiger partial charge in [0.2, 0.25) is 0 Å². The SMILES string of the molecule is CC(C)(C)OC(=O)Nc1ccc(CN2CCCC(C(C)(O)CO)C2)c(OC(F)F)c1. The van der Waals surface area contributed by atoms with Gasteiger partial charge in [0.1, 0.15) is 11.4 Å². The Labute approximate surface area is 176 Å². The fraction of sp³-hybridized carbons (Fsp3) is 0.667. The number of nitrogens with zero attached hydrogens (tertiary/aromatic N) is 1. The highest BCUT2D eigenvalue weighted by Crippen LogP contribution is 2.31. The van der Waals surface area contributed by atoms with Gasteiger partial charge in [0.15, 0.2) is 0 Å². The molecule has 1 aromatic carbocycles. The molecule has 1 aliphatic rings. The first-order chi connectivity index (χ1) is 13.9. The molecule has 2 rings (SSSR count). The van der Waals surface area contributed by atoms with Crippen molar-refractivity contribution in [1.82, 2.24) is 4.90 Å². The maximum atomic E-state index is 13.0. The van der Waals surface area contributed by atoms with Crippen molar-refractivity contribution in [3.63, 3.8) is 0 Å². The summed E-state index contributed by atoms with van der Waals surface area (Å²) in [5, 5.41) is 22.3. The second-order valence-corrected chi connectivity index (χ2v) is 8.92. The van der Waals surface area contributed by atoms with E-state index in [2.05, 4.69) is 10.1 Å². The number of nitrogens with one attached hydrogen (secondary N) is 1. The van der Waals surface area contributed by atoms with Crippen LogP contribution in [-0.4, -0.2) is 58.7 Å². The Kier molecular flexibility index (Phi) is 8.01. The topological polar surface area (TPSA) is 91.3 Å². The Morgan fingerprint density at radius 2 is 2.03 bits per heavy atom. The fourth-order valence-electron chi connectivity index (χ4n) is 3.47. The van der Waals surface area contributed by atoms with E-state index in [-0.39, 0.29) is 24.0 Å². The van der Waals surface area contributed by atoms with Crippen molar-refractivity contribution in [3.8, 4) is 5.75 Å². The lowest BCUT2D eigenvalue weighted by molar-refractivity contribution is -0.0702. The number of anilines is 1. The number of benzene rings is 1. The molecule has 1 heterocycles. The highest BCUT2D eigenvalue weighted by Gasteiger charge is 2.34. The summed E-state index contributed by atoms with van der Waals surface area (Å²) in [7, 11) is 0. The normalized spacial score (nSPS) is 20.0. The molecule has 9 heteroatoms. The lowest BCUT2D eigenvalue weighted by Crippen LogP contribution is -2.47. The van der Waals surface area contributed by atoms with E-state index in [0.29, 0.717) is 18.7 Å². The number of amides is 1. The number of alkyl halides is 2. The number of halogens is 2. The third-order valence-corrected chi connectivity index (χ3v) is 5.03. The molecule has 0 aromatic heterocycles. The number of hydrogen-bond acceptors (Lipinski definition) is 6. The Morgan fingerprint density at radius 3 is 2.63 bits per heavy atom. The molecule has 1 amide bonds. The fourth-order valence-corrected chi connectivity index (χ4v) is 3.47. The van der Waals surface area contributed by atoms with E-state index in [1.807, 2.05) is 4.90 Å². The van der Waals surface area contributed by atoms with Gasteiger partial charge in [-0.05, 0) is 53.1 Å². The van der Waals surface area contributed by atoms with Crippen molar-refractivity contribution >= 4 is 11.8 Å². The minimum Gasteiger partial charge on any atom is -0.444 e. The highest BCUT2D eigenvalue weighted by atomic mass is 19.3. The molecule has 7 nitrogen and oxygen atoms in total. The van der Waals surface area contributed by atoms with Crippen LogP contribution in [0.4, 0.5) is 19.3 Å². The van der Waals surface area contributed by atoms with Crippen LogP contribution in [0.5, 0.6) is 5.75 Å². The van der Waals surface area contributed by atoms with Gasteiger partial charge in [0.05, 0.1) is 12.2 Å². The lowest BCUT2D eigenvalue weighted by Gasteiger charge is -2.39. The predicted octanol–water partition coefficient (Wildman–Crippen LogP) is 3.59. The van der Waals surface area contributed by atoms with Gasteiger partial charge < -0.3 is 19.7 Å². The third kappa shape index (κ3) is 7.37. The molecule has 0 spiro atoms. The largest absolute Gasteiger partial charge is 0.444 e. The molecule has 0 bridgehead atoms. The zero-order valence-corrected chi connectivity index (χ0v) is 18.0. The van der Waals surface area contributed by atoms with E-state index in [0.717, 1.165) is 19.4 Å². The summed E-state index contributed by atoms with van der Waals surface area (Å²) in [6.45, 7) is 5.03. The molecule has 2 unspecified atom stereocenters. The van der Waals surface area contributed by atoms with E-state index in [1.165, 1.54) is 6.07 Å². The molecular weight excluding hydrogens is 398 g/mol. The molecule has 2 atom stereocenters. The van der Waals surface area contributed by atoms with E-state index in [4.69, 9.17) is 4.74 Å². The summed E-state index contributed by atoms with van der Waals surface area (Å²) < 4.78 is 35.8. The molecular formula is C21H32F2N2O5. The van der Waals surface area contributed by atoms with Crippen molar-refractivity contribution in [1.29, 1.82) is 0 Å². The molecule has 0 aliphatic carbocycles. The molecule has 30 heavy (non-hydrogen) atoms. The molecule has 0 saturated carbocycles. The van der Waals surface area contributed by atoms with Crippen LogP contribution in [0.1, 0.15) is 46.1 Å². The van der Waals surface area contributed by atoms with Crippen LogP contribution in [0.15, 0.2) is 18.2 Å². The minimum absolute atomic E-state index is 0.0328. The van der Waals surface area contributed by atoms with Gasteiger partial charge in [-0.25, -0.2) is 4.79 Å². The van der Waals surface area contributed by atoms with Crippen molar-refractivity contribution in [2.45, 2.75) is 64.9 Å². The summed E-state index contributed by atoms with van der Waals surface area (Å²) in [6, 6.07) is 4.57. The Morgan fingerprint density at radius 1 is 1.33 bits per heavy atom. The number of carbonyl (C=O) groups excluding carboxylic acids is 1. The Hall–Kier alpha value is -1.97. The Balaban J connectivity index is 2.14. The van der Waals surface area contributed by atoms with Gasteiger partial charge in [-0.3, -0.25) is 10.2 Å². The van der Waals surface area contributed by atoms with Crippen molar-refractivity contribution in [2.75, 3.05) is 25.0 Å². The number of piperidine rings is 1. The standard InChI is InChI=1S/C21H32F2N2O5/c1-20(2,3)30-19(27)24-16-8-7-14(17(10-16)29-18(22)23)11-25-9-5-6-15(12-25)21(4,28)13-26/h7-8,10,15,18,26,28H,5-6,9,11-13H2,1-4H3,(H,24,27). The number of aliphatic hydroxyl groups is 2. The first kappa shape index (κ1) is 24.3. The number of likely N-dealkylation sites (tertiary alicyclic amines) is 1. The van der Waals surface area contributed by atoms with Crippen LogP contribution in [0.25, 0.3) is 0 Å². The molecule has 170 valence electrons. The van der Waals surface area contributed by atoms with Gasteiger partial charge in [-0.1, -0.05) is 6.07 Å². The first-order valence-corrected chi connectivity index (χ1v) is 10.0. The summed E-state index contributed by atoms with van der Waals surface area (Å²) >= 11 is 0. The average Bonchev–Trinajstić information content (AvgIpc) is 2.62. The van der Waals surface area contributed by atoms with Crippen LogP contribution in [0.3, 0.4) is 0 Å². The summed E-state index contributed by atoms with van der Waals surface area (Å²) in [5.74, 6) is -0.154. The number of carbonyl (C=O) groups is 1. The minimum atomic E-state index is -3.01. The van der Waals surface area contributed by atoms with Crippen LogP contribution < -0.4 is 10.1 Å². The molecule has 1 aliphatic heterocycles. The second-order valence-electron chi connectivity index (χ2n) is 8.92. The zero-order valence-electron chi connectivity index (χ0n) is 18.0. The van der Waals surface area contributed by atoms with E-state index < -0.39 is 23.9 Å². The van der Waals surface area contributed by atoms with E-state index in [1.54, 1.807) is 39.8 Å². The van der Waals surface area contributed by atoms with E-state index in [9.17, 15) is 23.8 Å². The van der Waals surface area contributed by atoms with Crippen molar-refractivity contribution < 1.29 is 33.3 Å². The summed E-state index contributed by atoms with van der Waals surface area (Å²) in [6.07, 6.45) is 0.913. The van der Waals surface area contributed by atoms with Gasteiger partial charge in [-0.2, -0.15) is 8.78 Å². The van der Waals surface area contributed by atoms with Crippen LogP contribution in [0.2, 0.25) is 0 Å². The van der Waals surface area contributed by atoms with Crippen LogP contribution in [0, 0.1) is 5.92 Å². The third-order valence-electron chi connectivity index (χ3n) is 5.03. The van der Waals surface area contributed by atoms with Crippen LogP contribution in [-0.2, 0) is 11.3 Å². The molecule has 1 saturated heterocycles. The number of ether oxygens (including phenoxy) is 2. The molecule has 1 aromatic rings. The van der Waals surface area contributed by atoms with Crippen molar-refractivity contribution in [2.24, 2.45) is 5.92 Å². The van der Waals surface area contributed by atoms with Crippen LogP contribution >= 0.6 is 0 Å². The maximum Gasteiger partial charge on any atom is 0.412 e. The van der Waals surface area contributed by atoms with Gasteiger partial charge >= 0.3 is 12.7 Å². The quantitative estimate of drug-likeness (QED) is 0.612. The highest BCUT2D eigenvalue weighted by molar-refractivity contribution is 5.85. The average molecular weight is 430 g/mol. The summed E-state index contributed by atoms with van der Waals surface area (Å²) in [5.41, 5.74) is -1.06. The zero-order chi connectivity index (χ0) is 22.5. The molecule has 0 radical (unpaired) electrons. The number of hydrogen-bond donors (Lipinski definition) is 3. The predicted molar refractivity (Wildman–Crippen MR) is 109 cm³/mol. The lowest BCUT2D eigenvalue weighted by atomic mass is 9.83. The first-order valence-electron chi connectivity index (χ1n) is 10.0.